The van der Waals surface area contributed by atoms with Crippen molar-refractivity contribution in [3.05, 3.63) is 65.0 Å². The van der Waals surface area contributed by atoms with Gasteiger partial charge in [-0.05, 0) is 36.1 Å². The fraction of sp³-hybridized carbons (Fsp3) is 0.316. The maximum atomic E-state index is 12.0. The van der Waals surface area contributed by atoms with E-state index < -0.39 is 5.97 Å². The second-order valence-corrected chi connectivity index (χ2v) is 5.57. The van der Waals surface area contributed by atoms with Gasteiger partial charge in [0.25, 0.3) is 0 Å². The van der Waals surface area contributed by atoms with Crippen molar-refractivity contribution in [3.63, 3.8) is 0 Å². The molecule has 0 bridgehead atoms. The van der Waals surface area contributed by atoms with E-state index in [-0.39, 0.29) is 17.9 Å². The highest BCUT2D eigenvalue weighted by molar-refractivity contribution is 5.96. The zero-order valence-corrected chi connectivity index (χ0v) is 13.7. The first-order chi connectivity index (χ1) is 11.1. The minimum atomic E-state index is -0.502. The van der Waals surface area contributed by atoms with Crippen molar-refractivity contribution < 1.29 is 14.3 Å². The summed E-state index contributed by atoms with van der Waals surface area (Å²) < 4.78 is 5.01. The zero-order chi connectivity index (χ0) is 16.8. The molecule has 0 amide bonds. The van der Waals surface area contributed by atoms with Crippen molar-refractivity contribution in [1.29, 1.82) is 0 Å². The molecule has 0 fully saturated rings. The van der Waals surface area contributed by atoms with Crippen molar-refractivity contribution in [2.75, 3.05) is 6.61 Å². The SMILES string of the molecule is CCOC(=O)C1=CC=CN(Cc2ccccc2C(C)C)C1=C=O. The van der Waals surface area contributed by atoms with E-state index in [0.29, 0.717) is 12.5 Å². The maximum absolute atomic E-state index is 12.0. The Hall–Kier alpha value is -2.58. The lowest BCUT2D eigenvalue weighted by atomic mass is 9.96. The highest BCUT2D eigenvalue weighted by atomic mass is 16.5. The van der Waals surface area contributed by atoms with Gasteiger partial charge in [-0.1, -0.05) is 38.1 Å². The van der Waals surface area contributed by atoms with Crippen LogP contribution in [0.3, 0.4) is 0 Å². The molecular formula is C19H21NO3. The van der Waals surface area contributed by atoms with Crippen LogP contribution < -0.4 is 0 Å². The van der Waals surface area contributed by atoms with E-state index in [9.17, 15) is 9.59 Å². The quantitative estimate of drug-likeness (QED) is 0.618. The molecule has 0 unspecified atom stereocenters. The number of esters is 1. The summed E-state index contributed by atoms with van der Waals surface area (Å²) in [6.45, 7) is 6.77. The number of carbonyl (C=O) groups excluding carboxylic acids is 2. The molecule has 1 aromatic rings. The number of rotatable bonds is 5. The number of ether oxygens (including phenoxy) is 1. The van der Waals surface area contributed by atoms with Gasteiger partial charge in [-0.3, -0.25) is 0 Å². The van der Waals surface area contributed by atoms with Gasteiger partial charge in [-0.2, -0.15) is 0 Å². The molecule has 0 aliphatic carbocycles. The van der Waals surface area contributed by atoms with Gasteiger partial charge in [0.2, 0.25) is 0 Å². The van der Waals surface area contributed by atoms with Crippen LogP contribution in [0, 0.1) is 0 Å². The highest BCUT2D eigenvalue weighted by Crippen LogP contribution is 2.26. The molecule has 2 rings (SSSR count). The first kappa shape index (κ1) is 16.8. The fourth-order valence-electron chi connectivity index (χ4n) is 2.60. The highest BCUT2D eigenvalue weighted by Gasteiger charge is 2.24. The third-order valence-corrected chi connectivity index (χ3v) is 3.68. The predicted octanol–water partition coefficient (Wildman–Crippen LogP) is 3.34. The van der Waals surface area contributed by atoms with E-state index in [1.165, 1.54) is 5.56 Å². The number of benzene rings is 1. The summed E-state index contributed by atoms with van der Waals surface area (Å²) in [7, 11) is 0. The number of allylic oxidation sites excluding steroid dienone is 2. The summed E-state index contributed by atoms with van der Waals surface area (Å²) in [4.78, 5) is 25.1. The zero-order valence-electron chi connectivity index (χ0n) is 13.7. The number of hydrogen-bond donors (Lipinski definition) is 0. The minimum absolute atomic E-state index is 0.213. The first-order valence-electron chi connectivity index (χ1n) is 7.74. The van der Waals surface area contributed by atoms with Gasteiger partial charge in [-0.25, -0.2) is 9.59 Å². The molecule has 1 aliphatic rings. The Bertz CT molecular complexity index is 694. The normalized spacial score (nSPS) is 13.8. The summed E-state index contributed by atoms with van der Waals surface area (Å²) >= 11 is 0. The Morgan fingerprint density at radius 3 is 2.70 bits per heavy atom. The Balaban J connectivity index is 2.28. The molecule has 0 aromatic heterocycles. The molecule has 4 heteroatoms. The molecule has 0 atom stereocenters. The van der Waals surface area contributed by atoms with Gasteiger partial charge >= 0.3 is 5.97 Å². The monoisotopic (exact) mass is 311 g/mol. The van der Waals surface area contributed by atoms with Crippen LogP contribution in [0.1, 0.15) is 37.8 Å². The van der Waals surface area contributed by atoms with E-state index in [4.69, 9.17) is 4.74 Å². The van der Waals surface area contributed by atoms with Crippen LogP contribution in [0.15, 0.2) is 53.9 Å². The minimum Gasteiger partial charge on any atom is -0.462 e. The van der Waals surface area contributed by atoms with Crippen LogP contribution in [0.4, 0.5) is 0 Å². The Kier molecular flexibility index (Phi) is 5.56. The molecule has 1 aliphatic heterocycles. The van der Waals surface area contributed by atoms with Crippen molar-refractivity contribution in [3.8, 4) is 0 Å². The standard InChI is InChI=1S/C19H21NO3/c1-4-23-19(22)17-10-7-11-20(18(17)13-21)12-15-8-5-6-9-16(15)14(2)3/h5-11,14H,4,12H2,1-3H3. The smallest absolute Gasteiger partial charge is 0.341 e. The number of hydrogen-bond acceptors (Lipinski definition) is 4. The van der Waals surface area contributed by atoms with Crippen LogP contribution in [0.25, 0.3) is 0 Å². The van der Waals surface area contributed by atoms with Gasteiger partial charge in [0.1, 0.15) is 5.70 Å². The van der Waals surface area contributed by atoms with Crippen LogP contribution >= 0.6 is 0 Å². The average molecular weight is 311 g/mol. The van der Waals surface area contributed by atoms with Gasteiger partial charge in [0.15, 0.2) is 5.94 Å². The van der Waals surface area contributed by atoms with Crippen molar-refractivity contribution in [2.24, 2.45) is 0 Å². The average Bonchev–Trinajstić information content (AvgIpc) is 2.55. The molecule has 0 saturated carbocycles. The third-order valence-electron chi connectivity index (χ3n) is 3.68. The van der Waals surface area contributed by atoms with E-state index >= 15 is 0 Å². The summed E-state index contributed by atoms with van der Waals surface area (Å²) in [5.74, 6) is 1.76. The Labute approximate surface area is 136 Å². The van der Waals surface area contributed by atoms with Crippen molar-refractivity contribution in [1.82, 2.24) is 4.90 Å². The van der Waals surface area contributed by atoms with Gasteiger partial charge in [0, 0.05) is 12.7 Å². The van der Waals surface area contributed by atoms with Crippen LogP contribution in [-0.2, 0) is 20.9 Å². The van der Waals surface area contributed by atoms with E-state index in [1.807, 2.05) is 24.1 Å². The Morgan fingerprint density at radius 2 is 2.04 bits per heavy atom. The lowest BCUT2D eigenvalue weighted by Crippen LogP contribution is -2.25. The van der Waals surface area contributed by atoms with Crippen LogP contribution in [0.5, 0.6) is 0 Å². The lowest BCUT2D eigenvalue weighted by Gasteiger charge is -2.26. The van der Waals surface area contributed by atoms with E-state index in [0.717, 1.165) is 5.56 Å². The summed E-state index contributed by atoms with van der Waals surface area (Å²) in [5, 5.41) is 0. The molecule has 0 saturated heterocycles. The first-order valence-corrected chi connectivity index (χ1v) is 7.74. The second-order valence-electron chi connectivity index (χ2n) is 5.57. The van der Waals surface area contributed by atoms with Gasteiger partial charge in [-0.15, -0.1) is 0 Å². The number of carbonyl (C=O) groups is 1. The molecule has 0 N–H and O–H groups in total. The molecule has 1 heterocycles. The molecule has 0 spiro atoms. The van der Waals surface area contributed by atoms with Crippen molar-refractivity contribution in [2.45, 2.75) is 33.2 Å². The lowest BCUT2D eigenvalue weighted by molar-refractivity contribution is -0.138. The molecule has 120 valence electrons. The van der Waals surface area contributed by atoms with Crippen LogP contribution in [-0.4, -0.2) is 23.4 Å². The van der Waals surface area contributed by atoms with Crippen molar-refractivity contribution >= 4 is 11.9 Å². The maximum Gasteiger partial charge on any atom is 0.341 e. The van der Waals surface area contributed by atoms with Crippen LogP contribution in [0.2, 0.25) is 0 Å². The molecule has 0 radical (unpaired) electrons. The molecular weight excluding hydrogens is 290 g/mol. The summed E-state index contributed by atoms with van der Waals surface area (Å²) in [6, 6.07) is 8.10. The predicted molar refractivity (Wildman–Crippen MR) is 89.1 cm³/mol. The van der Waals surface area contributed by atoms with E-state index in [1.54, 1.807) is 30.2 Å². The largest absolute Gasteiger partial charge is 0.462 e. The second kappa shape index (κ2) is 7.61. The van der Waals surface area contributed by atoms with E-state index in [2.05, 4.69) is 19.9 Å². The van der Waals surface area contributed by atoms with Gasteiger partial charge < -0.3 is 9.64 Å². The third kappa shape index (κ3) is 3.79. The fourth-order valence-corrected chi connectivity index (χ4v) is 2.60. The topological polar surface area (TPSA) is 46.6 Å². The molecule has 23 heavy (non-hydrogen) atoms. The molecule has 4 nitrogen and oxygen atoms in total. The molecule has 1 aromatic carbocycles. The summed E-state index contributed by atoms with van der Waals surface area (Å²) in [6.07, 6.45) is 5.11. The number of nitrogens with zero attached hydrogens (tertiary/aromatic N) is 1. The van der Waals surface area contributed by atoms with Gasteiger partial charge in [0.05, 0.1) is 12.2 Å². The summed E-state index contributed by atoms with van der Waals surface area (Å²) in [5.41, 5.74) is 2.79. The Morgan fingerprint density at radius 1 is 1.30 bits per heavy atom.